The number of carbonyl (C=O) groups excluding carboxylic acids is 1. The molecule has 1 atom stereocenters. The van der Waals surface area contributed by atoms with Gasteiger partial charge >= 0.3 is 0 Å². The van der Waals surface area contributed by atoms with Gasteiger partial charge in [-0.15, -0.1) is 0 Å². The molecule has 1 aromatic rings. The minimum atomic E-state index is -0.811. The van der Waals surface area contributed by atoms with Gasteiger partial charge in [0.25, 0.3) is 5.91 Å². The number of carbonyl (C=O) groups is 1. The van der Waals surface area contributed by atoms with E-state index in [0.29, 0.717) is 6.61 Å². The van der Waals surface area contributed by atoms with Crippen LogP contribution in [0.15, 0.2) is 0 Å². The van der Waals surface area contributed by atoms with E-state index in [1.165, 1.54) is 0 Å². The highest BCUT2D eigenvalue weighted by molar-refractivity contribution is 5.84. The van der Waals surface area contributed by atoms with Crippen molar-refractivity contribution in [2.75, 3.05) is 6.61 Å². The second-order valence-electron chi connectivity index (χ2n) is 4.99. The zero-order valence-corrected chi connectivity index (χ0v) is 12.0. The maximum absolute atomic E-state index is 12.1. The molecule has 0 unspecified atom stereocenters. The van der Waals surface area contributed by atoms with E-state index in [-0.39, 0.29) is 11.9 Å². The third kappa shape index (κ3) is 3.10. The molecule has 5 heteroatoms. The molecule has 0 saturated carbocycles. The maximum Gasteiger partial charge on any atom is 0.252 e. The van der Waals surface area contributed by atoms with Gasteiger partial charge in [-0.2, -0.15) is 5.10 Å². The van der Waals surface area contributed by atoms with Gasteiger partial charge < -0.3 is 10.1 Å². The summed E-state index contributed by atoms with van der Waals surface area (Å²) in [4.78, 5) is 12.1. The Balaban J connectivity index is 2.77. The summed E-state index contributed by atoms with van der Waals surface area (Å²) in [5, 5.41) is 10.0. The van der Waals surface area contributed by atoms with Crippen molar-refractivity contribution in [1.29, 1.82) is 0 Å². The lowest BCUT2D eigenvalue weighted by Gasteiger charge is -2.26. The summed E-state index contributed by atoms with van der Waals surface area (Å²) in [5.41, 5.74) is 2.12. The van der Waals surface area contributed by atoms with Gasteiger partial charge in [-0.3, -0.25) is 9.89 Å². The van der Waals surface area contributed by atoms with Crippen molar-refractivity contribution in [3.05, 3.63) is 17.0 Å². The average molecular weight is 253 g/mol. The van der Waals surface area contributed by atoms with E-state index >= 15 is 0 Å². The summed E-state index contributed by atoms with van der Waals surface area (Å²) in [6.07, 6.45) is 0. The van der Waals surface area contributed by atoms with Crippen LogP contribution < -0.4 is 5.32 Å². The van der Waals surface area contributed by atoms with Crippen LogP contribution in [0, 0.1) is 13.8 Å². The Morgan fingerprint density at radius 1 is 1.50 bits per heavy atom. The van der Waals surface area contributed by atoms with E-state index in [1.54, 1.807) is 13.8 Å². The van der Waals surface area contributed by atoms with E-state index in [9.17, 15) is 4.79 Å². The smallest absolute Gasteiger partial charge is 0.252 e. The molecule has 2 N–H and O–H groups in total. The maximum atomic E-state index is 12.1. The topological polar surface area (TPSA) is 67.0 Å². The predicted molar refractivity (Wildman–Crippen MR) is 70.3 cm³/mol. The van der Waals surface area contributed by atoms with E-state index in [0.717, 1.165) is 17.0 Å². The first-order valence-corrected chi connectivity index (χ1v) is 6.26. The van der Waals surface area contributed by atoms with Gasteiger partial charge in [-0.1, -0.05) is 0 Å². The summed E-state index contributed by atoms with van der Waals surface area (Å²) in [7, 11) is 0. The van der Waals surface area contributed by atoms with Gasteiger partial charge in [-0.25, -0.2) is 0 Å². The fraction of sp³-hybridized carbons (Fsp3) is 0.692. The van der Waals surface area contributed by atoms with Crippen LogP contribution in [0.2, 0.25) is 0 Å². The van der Waals surface area contributed by atoms with Gasteiger partial charge in [0.1, 0.15) is 5.60 Å². The highest BCUT2D eigenvalue weighted by Gasteiger charge is 2.29. The normalized spacial score (nSPS) is 13.4. The molecular formula is C13H23N3O2. The van der Waals surface area contributed by atoms with Gasteiger partial charge in [0, 0.05) is 17.9 Å². The van der Waals surface area contributed by atoms with Crippen LogP contribution in [-0.2, 0) is 9.53 Å². The first-order valence-electron chi connectivity index (χ1n) is 6.26. The van der Waals surface area contributed by atoms with E-state index < -0.39 is 5.60 Å². The molecule has 0 aliphatic rings. The number of aryl methyl sites for hydroxylation is 2. The Labute approximate surface area is 108 Å². The van der Waals surface area contributed by atoms with E-state index in [4.69, 9.17) is 4.74 Å². The predicted octanol–water partition coefficient (Wildman–Crippen LogP) is 2.02. The van der Waals surface area contributed by atoms with Crippen molar-refractivity contribution in [1.82, 2.24) is 15.5 Å². The number of hydrogen-bond acceptors (Lipinski definition) is 3. The highest BCUT2D eigenvalue weighted by atomic mass is 16.5. The summed E-state index contributed by atoms with van der Waals surface area (Å²) in [5.74, 6) is -0.114. The van der Waals surface area contributed by atoms with Crippen molar-refractivity contribution in [3.63, 3.8) is 0 Å². The zero-order valence-electron chi connectivity index (χ0n) is 12.0. The van der Waals surface area contributed by atoms with Gasteiger partial charge in [-0.05, 0) is 41.5 Å². The fourth-order valence-corrected chi connectivity index (χ4v) is 2.07. The van der Waals surface area contributed by atoms with Gasteiger partial charge in [0.2, 0.25) is 0 Å². The third-order valence-electron chi connectivity index (χ3n) is 3.02. The Morgan fingerprint density at radius 2 is 2.11 bits per heavy atom. The monoisotopic (exact) mass is 253 g/mol. The first kappa shape index (κ1) is 14.7. The summed E-state index contributed by atoms with van der Waals surface area (Å²) >= 11 is 0. The molecule has 102 valence electrons. The van der Waals surface area contributed by atoms with Crippen LogP contribution in [-0.4, -0.2) is 28.3 Å². The largest absolute Gasteiger partial charge is 0.366 e. The molecule has 1 aromatic heterocycles. The SMILES string of the molecule is CCOC(C)(C)C(=O)N[C@@H](C)c1c(C)n[nH]c1C. The lowest BCUT2D eigenvalue weighted by molar-refractivity contribution is -0.142. The summed E-state index contributed by atoms with van der Waals surface area (Å²) < 4.78 is 5.43. The van der Waals surface area contributed by atoms with Crippen molar-refractivity contribution in [3.8, 4) is 0 Å². The molecule has 0 radical (unpaired) electrons. The zero-order chi connectivity index (χ0) is 13.9. The lowest BCUT2D eigenvalue weighted by atomic mass is 10.0. The van der Waals surface area contributed by atoms with Crippen molar-refractivity contribution >= 4 is 5.91 Å². The molecule has 0 aromatic carbocycles. The van der Waals surface area contributed by atoms with Crippen LogP contribution in [0.25, 0.3) is 0 Å². The van der Waals surface area contributed by atoms with E-state index in [2.05, 4.69) is 15.5 Å². The number of hydrogen-bond donors (Lipinski definition) is 2. The molecule has 0 fully saturated rings. The number of aromatic nitrogens is 2. The number of nitrogens with zero attached hydrogens (tertiary/aromatic N) is 1. The molecule has 1 amide bonds. The molecule has 5 nitrogen and oxygen atoms in total. The molecule has 0 bridgehead atoms. The van der Waals surface area contributed by atoms with Crippen LogP contribution in [0.3, 0.4) is 0 Å². The second-order valence-corrected chi connectivity index (χ2v) is 4.99. The number of amides is 1. The van der Waals surface area contributed by atoms with Crippen molar-refractivity contribution in [2.24, 2.45) is 0 Å². The molecule has 0 aliphatic carbocycles. The second kappa shape index (κ2) is 5.52. The van der Waals surface area contributed by atoms with Crippen molar-refractivity contribution in [2.45, 2.75) is 53.2 Å². The van der Waals surface area contributed by atoms with Crippen molar-refractivity contribution < 1.29 is 9.53 Å². The summed E-state index contributed by atoms with van der Waals surface area (Å²) in [6, 6.07) is -0.0871. The Hall–Kier alpha value is -1.36. The molecule has 1 heterocycles. The molecule has 0 saturated heterocycles. The Kier molecular flexibility index (Phi) is 4.51. The number of nitrogens with one attached hydrogen (secondary N) is 2. The van der Waals surface area contributed by atoms with Crippen LogP contribution in [0.4, 0.5) is 0 Å². The van der Waals surface area contributed by atoms with Gasteiger partial charge in [0.05, 0.1) is 11.7 Å². The Morgan fingerprint density at radius 3 is 2.56 bits per heavy atom. The van der Waals surface area contributed by atoms with E-state index in [1.807, 2.05) is 27.7 Å². The first-order chi connectivity index (χ1) is 8.29. The number of aromatic amines is 1. The molecule has 1 rings (SSSR count). The fourth-order valence-electron chi connectivity index (χ4n) is 2.07. The number of rotatable bonds is 5. The standard InChI is InChI=1S/C13H23N3O2/c1-7-18-13(5,6)12(17)14-8(2)11-9(3)15-16-10(11)4/h8H,7H2,1-6H3,(H,14,17)(H,15,16)/t8-/m0/s1. The van der Waals surface area contributed by atoms with Crippen LogP contribution in [0.5, 0.6) is 0 Å². The third-order valence-corrected chi connectivity index (χ3v) is 3.02. The lowest BCUT2D eigenvalue weighted by Crippen LogP contribution is -2.45. The Bertz CT molecular complexity index is 404. The quantitative estimate of drug-likeness (QED) is 0.843. The average Bonchev–Trinajstić information content (AvgIpc) is 2.58. The number of ether oxygens (including phenoxy) is 1. The summed E-state index contributed by atoms with van der Waals surface area (Å²) in [6.45, 7) is 11.8. The molecule has 18 heavy (non-hydrogen) atoms. The molecular weight excluding hydrogens is 230 g/mol. The molecule has 0 spiro atoms. The minimum Gasteiger partial charge on any atom is -0.366 e. The van der Waals surface area contributed by atoms with Gasteiger partial charge in [0.15, 0.2) is 0 Å². The van der Waals surface area contributed by atoms with Crippen LogP contribution in [0.1, 0.15) is 50.7 Å². The minimum absolute atomic E-state index is 0.0871. The highest BCUT2D eigenvalue weighted by Crippen LogP contribution is 2.20. The van der Waals surface area contributed by atoms with Crippen LogP contribution >= 0.6 is 0 Å². The molecule has 0 aliphatic heterocycles. The number of H-pyrrole nitrogens is 1.